The summed E-state index contributed by atoms with van der Waals surface area (Å²) in [4.78, 5) is 16.8. The summed E-state index contributed by atoms with van der Waals surface area (Å²) in [5, 5.41) is 8.83. The summed E-state index contributed by atoms with van der Waals surface area (Å²) in [6.45, 7) is 3.16. The molecule has 0 N–H and O–H groups in total. The van der Waals surface area contributed by atoms with Gasteiger partial charge in [-0.15, -0.1) is 10.2 Å². The number of aromatic nitrogens is 2. The Balaban J connectivity index is 1.26. The van der Waals surface area contributed by atoms with Crippen LogP contribution >= 0.6 is 0 Å². The number of methoxy groups -OCH3 is 1. The highest BCUT2D eigenvalue weighted by Crippen LogP contribution is 2.28. The number of amides is 1. The third kappa shape index (κ3) is 5.10. The standard InChI is InChI=1S/C24H32N4O2/c1-30-21-10-8-20(9-11-21)22-12-13-23(26-25-22)27-15-17-28(18-16-27)24(29)14-7-19-5-3-2-4-6-19/h8-13,19H,2-7,14-18H2,1H3. The van der Waals surface area contributed by atoms with Crippen molar-refractivity contribution >= 4 is 11.7 Å². The normalized spacial score (nSPS) is 17.8. The summed E-state index contributed by atoms with van der Waals surface area (Å²) >= 11 is 0. The number of piperazine rings is 1. The van der Waals surface area contributed by atoms with Crippen molar-refractivity contribution in [2.45, 2.75) is 44.9 Å². The molecule has 160 valence electrons. The van der Waals surface area contributed by atoms with Crippen molar-refractivity contribution in [3.63, 3.8) is 0 Å². The lowest BCUT2D eigenvalue weighted by atomic mass is 9.86. The molecular formula is C24H32N4O2. The first-order chi connectivity index (χ1) is 14.7. The molecule has 0 radical (unpaired) electrons. The van der Waals surface area contributed by atoms with Gasteiger partial charge in [-0.2, -0.15) is 0 Å². The third-order valence-electron chi connectivity index (χ3n) is 6.48. The van der Waals surface area contributed by atoms with Crippen molar-refractivity contribution in [1.29, 1.82) is 0 Å². The van der Waals surface area contributed by atoms with Gasteiger partial charge in [-0.05, 0) is 48.7 Å². The molecule has 1 aromatic heterocycles. The van der Waals surface area contributed by atoms with E-state index in [4.69, 9.17) is 4.74 Å². The van der Waals surface area contributed by atoms with E-state index in [1.54, 1.807) is 7.11 Å². The number of ether oxygens (including phenoxy) is 1. The van der Waals surface area contributed by atoms with E-state index in [0.29, 0.717) is 12.3 Å². The number of nitrogens with zero attached hydrogens (tertiary/aromatic N) is 4. The minimum absolute atomic E-state index is 0.321. The molecule has 1 aromatic carbocycles. The maximum absolute atomic E-state index is 12.6. The van der Waals surface area contributed by atoms with Gasteiger partial charge in [0, 0.05) is 38.2 Å². The lowest BCUT2D eigenvalue weighted by Crippen LogP contribution is -2.49. The van der Waals surface area contributed by atoms with Crippen LogP contribution in [0, 0.1) is 5.92 Å². The van der Waals surface area contributed by atoms with Crippen LogP contribution in [0.25, 0.3) is 11.3 Å². The summed E-state index contributed by atoms with van der Waals surface area (Å²) in [5.41, 5.74) is 1.86. The van der Waals surface area contributed by atoms with Crippen LogP contribution in [0.3, 0.4) is 0 Å². The van der Waals surface area contributed by atoms with E-state index in [0.717, 1.165) is 61.3 Å². The van der Waals surface area contributed by atoms with Crippen LogP contribution in [0.5, 0.6) is 5.75 Å². The van der Waals surface area contributed by atoms with Gasteiger partial charge in [0.1, 0.15) is 5.75 Å². The van der Waals surface area contributed by atoms with Gasteiger partial charge in [0.25, 0.3) is 0 Å². The number of carbonyl (C=O) groups excluding carboxylic acids is 1. The van der Waals surface area contributed by atoms with E-state index in [1.165, 1.54) is 32.1 Å². The fourth-order valence-electron chi connectivity index (χ4n) is 4.56. The van der Waals surface area contributed by atoms with Gasteiger partial charge in [0.2, 0.25) is 5.91 Å². The smallest absolute Gasteiger partial charge is 0.222 e. The summed E-state index contributed by atoms with van der Waals surface area (Å²) in [6, 6.07) is 11.9. The molecule has 1 amide bonds. The van der Waals surface area contributed by atoms with Crippen molar-refractivity contribution < 1.29 is 9.53 Å². The first-order valence-electron chi connectivity index (χ1n) is 11.2. The zero-order valence-corrected chi connectivity index (χ0v) is 17.9. The van der Waals surface area contributed by atoms with Crippen LogP contribution in [0.1, 0.15) is 44.9 Å². The number of hydrogen-bond donors (Lipinski definition) is 0. The SMILES string of the molecule is COc1ccc(-c2ccc(N3CCN(C(=O)CCC4CCCCC4)CC3)nn2)cc1. The summed E-state index contributed by atoms with van der Waals surface area (Å²) in [5.74, 6) is 2.79. The Labute approximate surface area is 179 Å². The average Bonchev–Trinajstić information content (AvgIpc) is 2.83. The Bertz CT molecular complexity index is 808. The predicted octanol–water partition coefficient (Wildman–Crippen LogP) is 4.16. The topological polar surface area (TPSA) is 58.6 Å². The molecule has 30 heavy (non-hydrogen) atoms. The second kappa shape index (κ2) is 9.92. The first kappa shape index (κ1) is 20.6. The molecule has 0 bridgehead atoms. The van der Waals surface area contributed by atoms with E-state index in [2.05, 4.69) is 15.1 Å². The van der Waals surface area contributed by atoms with Crippen molar-refractivity contribution in [2.24, 2.45) is 5.92 Å². The van der Waals surface area contributed by atoms with Crippen molar-refractivity contribution in [1.82, 2.24) is 15.1 Å². The van der Waals surface area contributed by atoms with Crippen LogP contribution in [-0.4, -0.2) is 54.3 Å². The predicted molar refractivity (Wildman–Crippen MR) is 119 cm³/mol. The third-order valence-corrected chi connectivity index (χ3v) is 6.48. The molecule has 0 spiro atoms. The quantitative estimate of drug-likeness (QED) is 0.718. The van der Waals surface area contributed by atoms with Crippen LogP contribution in [0.4, 0.5) is 5.82 Å². The zero-order chi connectivity index (χ0) is 20.8. The number of benzene rings is 1. The minimum Gasteiger partial charge on any atom is -0.497 e. The van der Waals surface area contributed by atoms with Crippen LogP contribution < -0.4 is 9.64 Å². The number of carbonyl (C=O) groups is 1. The highest BCUT2D eigenvalue weighted by molar-refractivity contribution is 5.76. The lowest BCUT2D eigenvalue weighted by Gasteiger charge is -2.35. The highest BCUT2D eigenvalue weighted by atomic mass is 16.5. The van der Waals surface area contributed by atoms with E-state index in [9.17, 15) is 4.79 Å². The molecule has 0 atom stereocenters. The van der Waals surface area contributed by atoms with Gasteiger partial charge < -0.3 is 14.5 Å². The van der Waals surface area contributed by atoms with E-state index in [1.807, 2.05) is 41.3 Å². The molecule has 0 unspecified atom stereocenters. The molecule has 1 aliphatic heterocycles. The second-order valence-electron chi connectivity index (χ2n) is 8.42. The Morgan fingerprint density at radius 1 is 0.967 bits per heavy atom. The molecule has 2 heterocycles. The number of rotatable bonds is 6. The second-order valence-corrected chi connectivity index (χ2v) is 8.42. The molecule has 6 nitrogen and oxygen atoms in total. The molecule has 1 saturated carbocycles. The van der Waals surface area contributed by atoms with Gasteiger partial charge in [0.05, 0.1) is 12.8 Å². The molecule has 4 rings (SSSR count). The lowest BCUT2D eigenvalue weighted by molar-refractivity contribution is -0.131. The fourth-order valence-corrected chi connectivity index (χ4v) is 4.56. The largest absolute Gasteiger partial charge is 0.497 e. The van der Waals surface area contributed by atoms with Gasteiger partial charge in [0.15, 0.2) is 5.82 Å². The zero-order valence-electron chi connectivity index (χ0n) is 17.9. The Morgan fingerprint density at radius 2 is 1.70 bits per heavy atom. The van der Waals surface area contributed by atoms with E-state index in [-0.39, 0.29) is 0 Å². The Kier molecular flexibility index (Phi) is 6.82. The van der Waals surface area contributed by atoms with E-state index < -0.39 is 0 Å². The van der Waals surface area contributed by atoms with Gasteiger partial charge >= 0.3 is 0 Å². The van der Waals surface area contributed by atoms with Crippen LogP contribution in [0.2, 0.25) is 0 Å². The summed E-state index contributed by atoms with van der Waals surface area (Å²) < 4.78 is 5.20. The van der Waals surface area contributed by atoms with Gasteiger partial charge in [-0.3, -0.25) is 4.79 Å². The van der Waals surface area contributed by atoms with E-state index >= 15 is 0 Å². The minimum atomic E-state index is 0.321. The molecular weight excluding hydrogens is 376 g/mol. The molecule has 1 saturated heterocycles. The first-order valence-corrected chi connectivity index (χ1v) is 11.2. The van der Waals surface area contributed by atoms with Crippen molar-refractivity contribution in [2.75, 3.05) is 38.2 Å². The fraction of sp³-hybridized carbons (Fsp3) is 0.542. The van der Waals surface area contributed by atoms with Crippen molar-refractivity contribution in [3.05, 3.63) is 36.4 Å². The van der Waals surface area contributed by atoms with Gasteiger partial charge in [-0.25, -0.2) is 0 Å². The van der Waals surface area contributed by atoms with Gasteiger partial charge in [-0.1, -0.05) is 32.1 Å². The van der Waals surface area contributed by atoms with Crippen LogP contribution in [0.15, 0.2) is 36.4 Å². The molecule has 2 fully saturated rings. The number of hydrogen-bond acceptors (Lipinski definition) is 5. The maximum atomic E-state index is 12.6. The number of anilines is 1. The molecule has 1 aliphatic carbocycles. The highest BCUT2D eigenvalue weighted by Gasteiger charge is 2.23. The Hall–Kier alpha value is -2.63. The summed E-state index contributed by atoms with van der Waals surface area (Å²) in [7, 11) is 1.66. The summed E-state index contributed by atoms with van der Waals surface area (Å²) in [6.07, 6.45) is 8.46. The molecule has 2 aromatic rings. The Morgan fingerprint density at radius 3 is 2.33 bits per heavy atom. The average molecular weight is 409 g/mol. The van der Waals surface area contributed by atoms with Crippen LogP contribution in [-0.2, 0) is 4.79 Å². The van der Waals surface area contributed by atoms with Crippen molar-refractivity contribution in [3.8, 4) is 17.0 Å². The maximum Gasteiger partial charge on any atom is 0.222 e. The molecule has 2 aliphatic rings. The monoisotopic (exact) mass is 408 g/mol. The molecule has 6 heteroatoms.